The Hall–Kier alpha value is -1.26. The molecule has 0 radical (unpaired) electrons. The molecule has 2 rings (SSSR count). The highest BCUT2D eigenvalue weighted by Crippen LogP contribution is 2.29. The van der Waals surface area contributed by atoms with Gasteiger partial charge >= 0.3 is 0 Å². The summed E-state index contributed by atoms with van der Waals surface area (Å²) in [5.74, 6) is -0.916. The Morgan fingerprint density at radius 2 is 1.53 bits per heavy atom. The second kappa shape index (κ2) is 4.94. The largest absolute Gasteiger partial charge is 0.326 e. The van der Waals surface area contributed by atoms with Gasteiger partial charge in [-0.15, -0.1) is 0 Å². The van der Waals surface area contributed by atoms with Crippen molar-refractivity contribution in [2.45, 2.75) is 6.54 Å². The minimum Gasteiger partial charge on any atom is -0.326 e. The molecule has 0 aliphatic rings. The number of nitrogens with two attached hydrogens (primary N) is 1. The lowest BCUT2D eigenvalue weighted by molar-refractivity contribution is 0.615. The molecule has 0 fully saturated rings. The predicted molar refractivity (Wildman–Crippen MR) is 67.4 cm³/mol. The van der Waals surface area contributed by atoms with E-state index >= 15 is 0 Å². The molecule has 4 heteroatoms. The minimum absolute atomic E-state index is 0.228. The van der Waals surface area contributed by atoms with Crippen molar-refractivity contribution in [1.29, 1.82) is 0 Å². The Balaban J connectivity index is 2.62. The van der Waals surface area contributed by atoms with Gasteiger partial charge in [-0.2, -0.15) is 0 Å². The average molecular weight is 298 g/mol. The quantitative estimate of drug-likeness (QED) is 0.895. The molecule has 0 aliphatic carbocycles. The topological polar surface area (TPSA) is 26.0 Å². The van der Waals surface area contributed by atoms with Crippen LogP contribution in [0.4, 0.5) is 8.78 Å². The molecular formula is C13H10BrF2N. The van der Waals surface area contributed by atoms with E-state index in [9.17, 15) is 8.78 Å². The highest BCUT2D eigenvalue weighted by molar-refractivity contribution is 9.10. The van der Waals surface area contributed by atoms with Crippen LogP contribution in [0.5, 0.6) is 0 Å². The molecule has 2 aromatic rings. The first kappa shape index (κ1) is 12.2. The molecule has 0 atom stereocenters. The molecule has 2 N–H and O–H groups in total. The summed E-state index contributed by atoms with van der Waals surface area (Å²) in [5.41, 5.74) is 6.71. The third-order valence-electron chi connectivity index (χ3n) is 2.49. The molecule has 1 nitrogen and oxygen atoms in total. The van der Waals surface area contributed by atoms with Crippen molar-refractivity contribution in [3.05, 3.63) is 58.1 Å². The Labute approximate surface area is 106 Å². The van der Waals surface area contributed by atoms with E-state index in [2.05, 4.69) is 15.9 Å². The summed E-state index contributed by atoms with van der Waals surface area (Å²) >= 11 is 3.24. The van der Waals surface area contributed by atoms with E-state index in [1.54, 1.807) is 24.3 Å². The van der Waals surface area contributed by atoms with Gasteiger partial charge in [0.15, 0.2) is 0 Å². The maximum Gasteiger partial charge on any atom is 0.131 e. The third-order valence-corrected chi connectivity index (χ3v) is 2.98. The molecule has 0 aliphatic heterocycles. The number of halogens is 3. The monoisotopic (exact) mass is 297 g/mol. The molecule has 0 bridgehead atoms. The van der Waals surface area contributed by atoms with E-state index in [0.29, 0.717) is 11.0 Å². The Bertz CT molecular complexity index is 555. The average Bonchev–Trinajstić information content (AvgIpc) is 2.33. The Morgan fingerprint density at radius 3 is 2.18 bits per heavy atom. The van der Waals surface area contributed by atoms with Crippen molar-refractivity contribution in [2.75, 3.05) is 0 Å². The van der Waals surface area contributed by atoms with E-state index < -0.39 is 11.6 Å². The van der Waals surface area contributed by atoms with E-state index in [-0.39, 0.29) is 11.1 Å². The normalized spacial score (nSPS) is 10.6. The smallest absolute Gasteiger partial charge is 0.131 e. The van der Waals surface area contributed by atoms with E-state index in [1.165, 1.54) is 12.1 Å². The van der Waals surface area contributed by atoms with Crippen molar-refractivity contribution in [3.63, 3.8) is 0 Å². The summed E-state index contributed by atoms with van der Waals surface area (Å²) < 4.78 is 28.0. The van der Waals surface area contributed by atoms with Gasteiger partial charge in [0.2, 0.25) is 0 Å². The molecule has 0 aromatic heterocycles. The van der Waals surface area contributed by atoms with Crippen LogP contribution in [0.1, 0.15) is 5.56 Å². The minimum atomic E-state index is -0.459. The number of hydrogen-bond donors (Lipinski definition) is 1. The zero-order valence-electron chi connectivity index (χ0n) is 8.88. The van der Waals surface area contributed by atoms with Crippen LogP contribution >= 0.6 is 15.9 Å². The molecular weight excluding hydrogens is 288 g/mol. The van der Waals surface area contributed by atoms with Crippen LogP contribution in [0.25, 0.3) is 11.1 Å². The molecule has 0 spiro atoms. The molecule has 0 heterocycles. The second-order valence-electron chi connectivity index (χ2n) is 3.64. The first-order valence-electron chi connectivity index (χ1n) is 5.05. The summed E-state index contributed by atoms with van der Waals surface area (Å²) in [6.45, 7) is 0.295. The molecule has 2 aromatic carbocycles. The van der Waals surface area contributed by atoms with Crippen LogP contribution in [0.3, 0.4) is 0 Å². The van der Waals surface area contributed by atoms with Crippen molar-refractivity contribution >= 4 is 15.9 Å². The fourth-order valence-electron chi connectivity index (χ4n) is 1.61. The third kappa shape index (κ3) is 2.53. The van der Waals surface area contributed by atoms with Gasteiger partial charge in [-0.3, -0.25) is 0 Å². The van der Waals surface area contributed by atoms with Crippen LogP contribution in [0.2, 0.25) is 0 Å². The number of rotatable bonds is 2. The van der Waals surface area contributed by atoms with Crippen molar-refractivity contribution in [2.24, 2.45) is 5.73 Å². The van der Waals surface area contributed by atoms with Gasteiger partial charge < -0.3 is 5.73 Å². The van der Waals surface area contributed by atoms with Gasteiger partial charge in [0, 0.05) is 22.1 Å². The van der Waals surface area contributed by atoms with Crippen LogP contribution in [-0.2, 0) is 6.54 Å². The Kier molecular flexibility index (Phi) is 3.54. The molecule has 0 saturated heterocycles. The first-order chi connectivity index (χ1) is 8.11. The summed E-state index contributed by atoms with van der Waals surface area (Å²) in [6.07, 6.45) is 0. The Morgan fingerprint density at radius 1 is 0.941 bits per heavy atom. The van der Waals surface area contributed by atoms with Gasteiger partial charge in [0.25, 0.3) is 0 Å². The maximum atomic E-state index is 13.7. The maximum absolute atomic E-state index is 13.7. The zero-order valence-corrected chi connectivity index (χ0v) is 10.5. The summed E-state index contributed by atoms with van der Waals surface area (Å²) in [6, 6.07) is 8.89. The summed E-state index contributed by atoms with van der Waals surface area (Å²) in [7, 11) is 0. The van der Waals surface area contributed by atoms with E-state index in [4.69, 9.17) is 5.73 Å². The predicted octanol–water partition coefficient (Wildman–Crippen LogP) is 3.85. The van der Waals surface area contributed by atoms with Crippen LogP contribution in [0.15, 0.2) is 40.9 Å². The standard InChI is InChI=1S/C13H10BrF2N/c14-9-2-4-13(16)11(6-9)10-5-8(7-17)1-3-12(10)15/h1-6H,7,17H2. The molecule has 0 saturated carbocycles. The van der Waals surface area contributed by atoms with Crippen LogP contribution < -0.4 is 5.73 Å². The van der Waals surface area contributed by atoms with Crippen molar-refractivity contribution < 1.29 is 8.78 Å². The molecule has 0 unspecified atom stereocenters. The molecule has 0 amide bonds. The van der Waals surface area contributed by atoms with Crippen molar-refractivity contribution in [1.82, 2.24) is 0 Å². The van der Waals surface area contributed by atoms with Gasteiger partial charge in [0.05, 0.1) is 0 Å². The van der Waals surface area contributed by atoms with Crippen LogP contribution in [-0.4, -0.2) is 0 Å². The highest BCUT2D eigenvalue weighted by atomic mass is 79.9. The lowest BCUT2D eigenvalue weighted by atomic mass is 10.0. The lowest BCUT2D eigenvalue weighted by Crippen LogP contribution is -1.98. The molecule has 17 heavy (non-hydrogen) atoms. The molecule has 88 valence electrons. The van der Waals surface area contributed by atoms with Gasteiger partial charge in [-0.05, 0) is 35.9 Å². The van der Waals surface area contributed by atoms with Crippen LogP contribution in [0, 0.1) is 11.6 Å². The number of benzene rings is 2. The van der Waals surface area contributed by atoms with Gasteiger partial charge in [-0.1, -0.05) is 22.0 Å². The highest BCUT2D eigenvalue weighted by Gasteiger charge is 2.11. The number of hydrogen-bond acceptors (Lipinski definition) is 1. The fraction of sp³-hybridized carbons (Fsp3) is 0.0769. The summed E-state index contributed by atoms with van der Waals surface area (Å²) in [5, 5.41) is 0. The van der Waals surface area contributed by atoms with E-state index in [1.807, 2.05) is 0 Å². The van der Waals surface area contributed by atoms with Crippen molar-refractivity contribution in [3.8, 4) is 11.1 Å². The van der Waals surface area contributed by atoms with Gasteiger partial charge in [-0.25, -0.2) is 8.78 Å². The van der Waals surface area contributed by atoms with Gasteiger partial charge in [0.1, 0.15) is 11.6 Å². The van der Waals surface area contributed by atoms with E-state index in [0.717, 1.165) is 5.56 Å². The fourth-order valence-corrected chi connectivity index (χ4v) is 1.97. The first-order valence-corrected chi connectivity index (χ1v) is 5.85. The zero-order chi connectivity index (χ0) is 12.4. The lowest BCUT2D eigenvalue weighted by Gasteiger charge is -2.07. The SMILES string of the molecule is NCc1ccc(F)c(-c2cc(Br)ccc2F)c1. The second-order valence-corrected chi connectivity index (χ2v) is 4.56. The summed E-state index contributed by atoms with van der Waals surface area (Å²) in [4.78, 5) is 0.